The van der Waals surface area contributed by atoms with Crippen LogP contribution in [0.5, 0.6) is 0 Å². The van der Waals surface area contributed by atoms with E-state index in [0.29, 0.717) is 22.3 Å². The van der Waals surface area contributed by atoms with Crippen molar-refractivity contribution >= 4 is 43.6 Å². The Labute approximate surface area is 369 Å². The zero-order valence-electron chi connectivity index (χ0n) is 35.3. The summed E-state index contributed by atoms with van der Waals surface area (Å²) in [5, 5.41) is 44.5. The summed E-state index contributed by atoms with van der Waals surface area (Å²) < 4.78 is 4.44. The van der Waals surface area contributed by atoms with Crippen LogP contribution < -0.4 is 0 Å². The van der Waals surface area contributed by atoms with Gasteiger partial charge < -0.3 is 9.13 Å². The van der Waals surface area contributed by atoms with Gasteiger partial charge in [-0.15, -0.1) is 0 Å². The first-order chi connectivity index (χ1) is 31.2. The van der Waals surface area contributed by atoms with E-state index in [2.05, 4.69) is 163 Å². The quantitative estimate of drug-likeness (QED) is 0.176. The fraction of sp³-hybridized carbons (Fsp3) is 0.103. The van der Waals surface area contributed by atoms with Gasteiger partial charge in [0, 0.05) is 38.1 Å². The molecule has 6 heteroatoms. The number of nitriles is 4. The number of aromatic nitrogens is 2. The van der Waals surface area contributed by atoms with Crippen LogP contribution >= 0.6 is 0 Å². The van der Waals surface area contributed by atoms with Gasteiger partial charge in [-0.1, -0.05) is 93.6 Å². The van der Waals surface area contributed by atoms with Crippen LogP contribution in [0.3, 0.4) is 0 Å². The van der Waals surface area contributed by atoms with E-state index in [0.717, 1.165) is 61.4 Å². The van der Waals surface area contributed by atoms with Crippen molar-refractivity contribution in [3.8, 4) is 57.9 Å². The normalized spacial score (nSPS) is 15.3. The number of benzene rings is 8. The number of nitrogens with zero attached hydrogens (tertiary/aromatic N) is 6. The van der Waals surface area contributed by atoms with Crippen LogP contribution in [-0.2, 0) is 17.3 Å². The molecular weight excluding hydrogens is 781 g/mol. The highest BCUT2D eigenvalue weighted by Crippen LogP contribution is 2.54. The molecule has 8 aromatic carbocycles. The van der Waals surface area contributed by atoms with Crippen LogP contribution in [0.2, 0.25) is 0 Å². The zero-order chi connectivity index (χ0) is 43.6. The molecule has 0 saturated heterocycles. The molecule has 0 radical (unpaired) electrons. The van der Waals surface area contributed by atoms with Crippen molar-refractivity contribution in [3.05, 3.63) is 202 Å². The van der Waals surface area contributed by atoms with Crippen LogP contribution in [0.4, 0.5) is 0 Å². The predicted molar refractivity (Wildman–Crippen MR) is 254 cm³/mol. The number of hydrogen-bond acceptors (Lipinski definition) is 4. The van der Waals surface area contributed by atoms with Gasteiger partial charge in [-0.05, 0) is 135 Å². The number of rotatable bonds is 4. The van der Waals surface area contributed by atoms with Crippen molar-refractivity contribution in [2.24, 2.45) is 0 Å². The maximum absolute atomic E-state index is 10.5. The molecule has 2 aliphatic carbocycles. The fourth-order valence-corrected chi connectivity index (χ4v) is 11.3. The summed E-state index contributed by atoms with van der Waals surface area (Å²) in [6, 6.07) is 62.0. The van der Waals surface area contributed by atoms with Crippen LogP contribution in [0, 0.1) is 45.3 Å². The van der Waals surface area contributed by atoms with Gasteiger partial charge in [0.15, 0.2) is 0 Å². The molecule has 0 fully saturated rings. The Bertz CT molecular complexity index is 3920. The summed E-state index contributed by atoms with van der Waals surface area (Å²) in [5.41, 5.74) is 17.8. The first-order valence-electron chi connectivity index (χ1n) is 21.4. The minimum atomic E-state index is -0.415. The lowest BCUT2D eigenvalue weighted by Gasteiger charge is -2.28. The predicted octanol–water partition coefficient (Wildman–Crippen LogP) is 13.2. The van der Waals surface area contributed by atoms with E-state index in [1.165, 1.54) is 50.1 Å². The second-order valence-electron chi connectivity index (χ2n) is 18.0. The van der Waals surface area contributed by atoms with Crippen LogP contribution in [0.15, 0.2) is 152 Å². The summed E-state index contributed by atoms with van der Waals surface area (Å²) >= 11 is 0. The molecule has 0 aliphatic heterocycles. The molecule has 0 bridgehead atoms. The minimum absolute atomic E-state index is 0.220. The molecule has 0 saturated carbocycles. The molecule has 10 aromatic rings. The van der Waals surface area contributed by atoms with Gasteiger partial charge in [-0.3, -0.25) is 0 Å². The summed E-state index contributed by atoms with van der Waals surface area (Å²) in [7, 11) is 0. The third kappa shape index (κ3) is 4.92. The highest BCUT2D eigenvalue weighted by Gasteiger charge is 2.41. The molecule has 0 N–H and O–H groups in total. The van der Waals surface area contributed by atoms with Gasteiger partial charge >= 0.3 is 0 Å². The molecular formula is C58H36N6. The summed E-state index contributed by atoms with van der Waals surface area (Å²) in [5.74, 6) is 0. The van der Waals surface area contributed by atoms with Crippen molar-refractivity contribution in [1.29, 1.82) is 21.0 Å². The molecule has 2 aromatic heterocycles. The van der Waals surface area contributed by atoms with E-state index in [1.807, 2.05) is 24.3 Å². The average molecular weight is 817 g/mol. The van der Waals surface area contributed by atoms with Crippen molar-refractivity contribution in [3.63, 3.8) is 0 Å². The molecule has 64 heavy (non-hydrogen) atoms. The molecule has 12 rings (SSSR count). The maximum atomic E-state index is 10.5. The van der Waals surface area contributed by atoms with Crippen LogP contribution in [-0.4, -0.2) is 9.13 Å². The zero-order valence-corrected chi connectivity index (χ0v) is 35.3. The fourth-order valence-electron chi connectivity index (χ4n) is 11.3. The highest BCUT2D eigenvalue weighted by molar-refractivity contribution is 6.13. The van der Waals surface area contributed by atoms with Gasteiger partial charge in [0.1, 0.15) is 18.2 Å². The molecule has 2 aliphatic rings. The summed E-state index contributed by atoms with van der Waals surface area (Å²) in [6.45, 7) is 6.94. The van der Waals surface area contributed by atoms with E-state index in [-0.39, 0.29) is 5.41 Å². The second-order valence-corrected chi connectivity index (χ2v) is 18.0. The van der Waals surface area contributed by atoms with Gasteiger partial charge in [-0.2, -0.15) is 21.0 Å². The minimum Gasteiger partial charge on any atom is -0.309 e. The number of hydrogen-bond donors (Lipinski definition) is 0. The SMILES string of the molecule is CC1(C)c2ccccc2-c2cc3c4cc(CC5(C)c6ccccc6-c6cc7c8ccccc8n(-c8ccc(C#N)c(C#N)c8)c7cc65)ccc4n(-c4ccc(C#N)cc4C#N)c3cc21. The van der Waals surface area contributed by atoms with E-state index in [4.69, 9.17) is 0 Å². The Hall–Kier alpha value is -8.68. The highest BCUT2D eigenvalue weighted by atomic mass is 15.0. The third-order valence-corrected chi connectivity index (χ3v) is 14.3. The van der Waals surface area contributed by atoms with Crippen molar-refractivity contribution in [1.82, 2.24) is 9.13 Å². The molecule has 1 unspecified atom stereocenters. The molecule has 2 heterocycles. The average Bonchev–Trinajstić information content (AvgIpc) is 3.98. The lowest BCUT2D eigenvalue weighted by atomic mass is 9.75. The Morgan fingerprint density at radius 3 is 1.81 bits per heavy atom. The lowest BCUT2D eigenvalue weighted by molar-refractivity contribution is 0.584. The van der Waals surface area contributed by atoms with Crippen LogP contribution in [0.1, 0.15) is 70.8 Å². The second kappa shape index (κ2) is 13.2. The van der Waals surface area contributed by atoms with Gasteiger partial charge in [0.2, 0.25) is 0 Å². The van der Waals surface area contributed by atoms with E-state index in [9.17, 15) is 21.0 Å². The van der Waals surface area contributed by atoms with E-state index < -0.39 is 5.41 Å². The Morgan fingerprint density at radius 1 is 0.422 bits per heavy atom. The number of para-hydroxylation sites is 1. The molecule has 0 spiro atoms. The standard InChI is InChI=1S/C58H36N6/c1-57(2)48-13-7-4-10-40(48)43-25-47-45-23-34(16-21-54(45)64(56(47)27-50(43)57)52-20-17-35(30-59)22-38(52)33-62)29-58(3)49-14-8-5-11-41(49)44-26-46-42-12-6-9-15-53(42)63(55(46)28-51(44)58)39-19-18-36(31-60)37(24-39)32-61/h4-28H,29H2,1-3H3. The molecule has 0 amide bonds. The Kier molecular flexibility index (Phi) is 7.63. The molecule has 6 nitrogen and oxygen atoms in total. The topological polar surface area (TPSA) is 105 Å². The van der Waals surface area contributed by atoms with Gasteiger partial charge in [-0.25, -0.2) is 0 Å². The Balaban J connectivity index is 1.09. The number of fused-ring (bicyclic) bond motifs is 12. The monoisotopic (exact) mass is 816 g/mol. The van der Waals surface area contributed by atoms with Gasteiger partial charge in [0.05, 0.1) is 56.1 Å². The first kappa shape index (κ1) is 37.1. The van der Waals surface area contributed by atoms with Crippen molar-refractivity contribution < 1.29 is 0 Å². The third-order valence-electron chi connectivity index (χ3n) is 14.3. The molecule has 1 atom stereocenters. The van der Waals surface area contributed by atoms with Crippen molar-refractivity contribution in [2.45, 2.75) is 38.0 Å². The molecule has 298 valence electrons. The maximum Gasteiger partial charge on any atom is 0.101 e. The lowest BCUT2D eigenvalue weighted by Crippen LogP contribution is -2.24. The first-order valence-corrected chi connectivity index (χ1v) is 21.4. The van der Waals surface area contributed by atoms with E-state index in [1.54, 1.807) is 18.2 Å². The smallest absolute Gasteiger partial charge is 0.101 e. The summed E-state index contributed by atoms with van der Waals surface area (Å²) in [4.78, 5) is 0. The van der Waals surface area contributed by atoms with E-state index >= 15 is 0 Å². The Morgan fingerprint density at radius 2 is 1.05 bits per heavy atom. The summed E-state index contributed by atoms with van der Waals surface area (Å²) in [6.07, 6.45) is 0.724. The van der Waals surface area contributed by atoms with Crippen LogP contribution in [0.25, 0.3) is 77.2 Å². The van der Waals surface area contributed by atoms with Gasteiger partial charge in [0.25, 0.3) is 0 Å². The largest absolute Gasteiger partial charge is 0.309 e. The van der Waals surface area contributed by atoms with Crippen molar-refractivity contribution in [2.75, 3.05) is 0 Å².